The molecule has 0 saturated heterocycles. The van der Waals surface area contributed by atoms with Gasteiger partial charge in [-0.2, -0.15) is 0 Å². The Kier molecular flexibility index (Phi) is 6.60. The number of rotatable bonds is 8. The molecular weight excluding hydrogens is 420 g/mol. The van der Waals surface area contributed by atoms with Crippen LogP contribution in [-0.4, -0.2) is 47.7 Å². The van der Waals surface area contributed by atoms with Crippen molar-refractivity contribution in [2.75, 3.05) is 19.6 Å². The summed E-state index contributed by atoms with van der Waals surface area (Å²) >= 11 is 1.37. The van der Waals surface area contributed by atoms with Gasteiger partial charge in [0.25, 0.3) is 5.56 Å². The second-order valence-electron chi connectivity index (χ2n) is 8.82. The molecule has 0 bridgehead atoms. The number of H-pyrrole nitrogens is 1. The van der Waals surface area contributed by atoms with E-state index in [2.05, 4.69) is 20.2 Å². The Morgan fingerprint density at radius 1 is 1.19 bits per heavy atom. The number of aromatic amines is 1. The number of thioether (sulfide) groups is 1. The first-order chi connectivity index (χ1) is 14.5. The molecule has 31 heavy (non-hydrogen) atoms. The number of fused-ring (bicyclic) bond motifs is 1. The summed E-state index contributed by atoms with van der Waals surface area (Å²) < 4.78 is 10.0. The molecule has 0 aliphatic heterocycles. The van der Waals surface area contributed by atoms with Crippen molar-refractivity contribution in [2.24, 2.45) is 5.92 Å². The molecule has 3 heterocycles. The van der Waals surface area contributed by atoms with Crippen molar-refractivity contribution in [3.05, 3.63) is 32.5 Å². The van der Waals surface area contributed by atoms with Crippen LogP contribution in [0.3, 0.4) is 0 Å². The predicted octanol–water partition coefficient (Wildman–Crippen LogP) is 1.08. The van der Waals surface area contributed by atoms with E-state index in [0.29, 0.717) is 53.4 Å². The Balaban J connectivity index is 2.05. The SMILES string of the molecule is COCCn1c(CSc2nnc(C(C)(C)C)n2N)nc2c1c(=O)[nH]c(=O)n2CC(C)C. The highest BCUT2D eigenvalue weighted by Crippen LogP contribution is 2.26. The minimum absolute atomic E-state index is 0.209. The van der Waals surface area contributed by atoms with Gasteiger partial charge >= 0.3 is 5.69 Å². The maximum atomic E-state index is 12.7. The second kappa shape index (κ2) is 8.87. The van der Waals surface area contributed by atoms with Crippen LogP contribution in [0, 0.1) is 5.92 Å². The molecule has 170 valence electrons. The lowest BCUT2D eigenvalue weighted by atomic mass is 9.96. The molecule has 0 aromatic carbocycles. The van der Waals surface area contributed by atoms with Crippen molar-refractivity contribution < 1.29 is 4.74 Å². The van der Waals surface area contributed by atoms with Crippen LogP contribution < -0.4 is 17.1 Å². The number of nitrogens with zero attached hydrogens (tertiary/aromatic N) is 6. The van der Waals surface area contributed by atoms with Gasteiger partial charge < -0.3 is 15.1 Å². The van der Waals surface area contributed by atoms with Crippen molar-refractivity contribution in [2.45, 2.75) is 64.0 Å². The summed E-state index contributed by atoms with van der Waals surface area (Å²) in [4.78, 5) is 32.2. The van der Waals surface area contributed by atoms with Gasteiger partial charge in [0.05, 0.1) is 12.4 Å². The lowest BCUT2D eigenvalue weighted by Crippen LogP contribution is -2.32. The van der Waals surface area contributed by atoms with E-state index in [1.54, 1.807) is 11.7 Å². The first-order valence-corrected chi connectivity index (χ1v) is 11.1. The van der Waals surface area contributed by atoms with E-state index in [0.717, 1.165) is 0 Å². The zero-order chi connectivity index (χ0) is 22.9. The summed E-state index contributed by atoms with van der Waals surface area (Å²) in [7, 11) is 1.59. The molecule has 0 aliphatic carbocycles. The third-order valence-corrected chi connectivity index (χ3v) is 5.64. The average molecular weight is 451 g/mol. The van der Waals surface area contributed by atoms with Gasteiger partial charge in [0.2, 0.25) is 5.16 Å². The molecule has 0 spiro atoms. The van der Waals surface area contributed by atoms with Crippen molar-refractivity contribution in [1.29, 1.82) is 0 Å². The monoisotopic (exact) mass is 450 g/mol. The van der Waals surface area contributed by atoms with Gasteiger partial charge in [0, 0.05) is 25.6 Å². The van der Waals surface area contributed by atoms with Gasteiger partial charge in [-0.05, 0) is 5.92 Å². The molecule has 11 nitrogen and oxygen atoms in total. The summed E-state index contributed by atoms with van der Waals surface area (Å²) in [6.07, 6.45) is 0. The number of nitrogens with one attached hydrogen (secondary N) is 1. The van der Waals surface area contributed by atoms with E-state index in [4.69, 9.17) is 10.6 Å². The molecule has 3 aromatic rings. The molecule has 12 heteroatoms. The van der Waals surface area contributed by atoms with E-state index >= 15 is 0 Å². The van der Waals surface area contributed by atoms with Crippen molar-refractivity contribution in [1.82, 2.24) is 34.0 Å². The summed E-state index contributed by atoms with van der Waals surface area (Å²) in [5, 5.41) is 8.95. The van der Waals surface area contributed by atoms with Crippen molar-refractivity contribution in [3.8, 4) is 0 Å². The summed E-state index contributed by atoms with van der Waals surface area (Å²) in [6, 6.07) is 0. The number of nitrogen functional groups attached to an aromatic ring is 1. The summed E-state index contributed by atoms with van der Waals surface area (Å²) in [5.41, 5.74) is -0.432. The summed E-state index contributed by atoms with van der Waals surface area (Å²) in [6.45, 7) is 11.3. The van der Waals surface area contributed by atoms with Crippen LogP contribution in [-0.2, 0) is 29.0 Å². The van der Waals surface area contributed by atoms with Crippen LogP contribution in [0.4, 0.5) is 0 Å². The van der Waals surface area contributed by atoms with Crippen molar-refractivity contribution >= 4 is 22.9 Å². The lowest BCUT2D eigenvalue weighted by molar-refractivity contribution is 0.187. The van der Waals surface area contributed by atoms with Gasteiger partial charge in [-0.25, -0.2) is 14.5 Å². The first kappa shape index (κ1) is 23.1. The maximum absolute atomic E-state index is 12.7. The molecule has 0 fully saturated rings. The van der Waals surface area contributed by atoms with Crippen molar-refractivity contribution in [3.63, 3.8) is 0 Å². The van der Waals surface area contributed by atoms with Crippen LogP contribution in [0.5, 0.6) is 0 Å². The highest BCUT2D eigenvalue weighted by atomic mass is 32.2. The quantitative estimate of drug-likeness (QED) is 0.384. The Hall–Kier alpha value is -2.60. The van der Waals surface area contributed by atoms with E-state index in [1.807, 2.05) is 34.6 Å². The highest BCUT2D eigenvalue weighted by molar-refractivity contribution is 7.98. The lowest BCUT2D eigenvalue weighted by Gasteiger charge is -2.16. The van der Waals surface area contributed by atoms with Crippen LogP contribution in [0.15, 0.2) is 14.7 Å². The normalized spacial score (nSPS) is 12.4. The van der Waals surface area contributed by atoms with Gasteiger partial charge in [0.1, 0.15) is 5.82 Å². The largest absolute Gasteiger partial charge is 0.383 e. The number of imidazole rings is 1. The number of hydrogen-bond acceptors (Lipinski definition) is 8. The van der Waals surface area contributed by atoms with Gasteiger partial charge in [-0.15, -0.1) is 10.2 Å². The molecule has 3 rings (SSSR count). The molecular formula is C19H30N8O3S. The van der Waals surface area contributed by atoms with Gasteiger partial charge in [0.15, 0.2) is 17.0 Å². The van der Waals surface area contributed by atoms with E-state index < -0.39 is 11.2 Å². The fourth-order valence-electron chi connectivity index (χ4n) is 3.30. The van der Waals surface area contributed by atoms with Crippen LogP contribution in [0.1, 0.15) is 46.3 Å². The third kappa shape index (κ3) is 4.69. The second-order valence-corrected chi connectivity index (χ2v) is 9.77. The topological polar surface area (TPSA) is 139 Å². The third-order valence-electron chi connectivity index (χ3n) is 4.70. The standard InChI is InChI=1S/C19H30N8O3S/c1-11(2)9-26-14-13(15(28)22-17(26)29)25(7-8-30-6)12(21-14)10-31-18-24-23-16(27(18)20)19(3,4)5/h11H,7-10,20H2,1-6H3,(H,22,28,29). The fourth-order valence-corrected chi connectivity index (χ4v) is 4.10. The Bertz CT molecular complexity index is 1180. The zero-order valence-corrected chi connectivity index (χ0v) is 19.6. The van der Waals surface area contributed by atoms with Crippen LogP contribution in [0.2, 0.25) is 0 Å². The Labute approximate surface area is 184 Å². The molecule has 0 atom stereocenters. The molecule has 0 unspecified atom stereocenters. The number of ether oxygens (including phenoxy) is 1. The summed E-state index contributed by atoms with van der Waals surface area (Å²) in [5.74, 6) is 8.10. The van der Waals surface area contributed by atoms with Gasteiger partial charge in [-0.1, -0.05) is 46.4 Å². The predicted molar refractivity (Wildman–Crippen MR) is 120 cm³/mol. The zero-order valence-electron chi connectivity index (χ0n) is 18.8. The molecule has 3 aromatic heterocycles. The molecule has 0 amide bonds. The number of nitrogens with two attached hydrogens (primary N) is 1. The number of methoxy groups -OCH3 is 1. The van der Waals surface area contributed by atoms with Gasteiger partial charge in [-0.3, -0.25) is 14.3 Å². The van der Waals surface area contributed by atoms with Crippen LogP contribution >= 0.6 is 11.8 Å². The van der Waals surface area contributed by atoms with E-state index in [-0.39, 0.29) is 11.3 Å². The molecule has 3 N–H and O–H groups in total. The van der Waals surface area contributed by atoms with Crippen LogP contribution in [0.25, 0.3) is 11.2 Å². The average Bonchev–Trinajstić information content (AvgIpc) is 3.22. The number of aromatic nitrogens is 7. The molecule has 0 aliphatic rings. The minimum atomic E-state index is -0.461. The maximum Gasteiger partial charge on any atom is 0.330 e. The number of hydrogen-bond donors (Lipinski definition) is 2. The minimum Gasteiger partial charge on any atom is -0.383 e. The van der Waals surface area contributed by atoms with E-state index in [1.165, 1.54) is 21.0 Å². The molecule has 0 radical (unpaired) electrons. The fraction of sp³-hybridized carbons (Fsp3) is 0.632. The first-order valence-electron chi connectivity index (χ1n) is 10.1. The Morgan fingerprint density at radius 3 is 2.48 bits per heavy atom. The van der Waals surface area contributed by atoms with E-state index in [9.17, 15) is 9.59 Å². The smallest absolute Gasteiger partial charge is 0.330 e. The highest BCUT2D eigenvalue weighted by Gasteiger charge is 2.24. The Morgan fingerprint density at radius 2 is 1.90 bits per heavy atom. The molecule has 0 saturated carbocycles.